The summed E-state index contributed by atoms with van der Waals surface area (Å²) in [6, 6.07) is 11.1. The quantitative estimate of drug-likeness (QED) is 0.563. The van der Waals surface area contributed by atoms with E-state index in [-0.39, 0.29) is 12.2 Å². The Labute approximate surface area is 137 Å². The largest absolute Gasteiger partial charge is 0.489 e. The highest BCUT2D eigenvalue weighted by Crippen LogP contribution is 2.37. The van der Waals surface area contributed by atoms with Crippen molar-refractivity contribution >= 4 is 0 Å². The molecule has 0 spiro atoms. The van der Waals surface area contributed by atoms with Gasteiger partial charge in [-0.3, -0.25) is 0 Å². The first kappa shape index (κ1) is 17.8. The van der Waals surface area contributed by atoms with Crippen LogP contribution in [0.25, 0.3) is 0 Å². The van der Waals surface area contributed by atoms with Crippen molar-refractivity contribution in [1.82, 2.24) is 0 Å². The average Bonchev–Trinajstić information content (AvgIpc) is 2.54. The summed E-state index contributed by atoms with van der Waals surface area (Å²) in [7, 11) is 0. The van der Waals surface area contributed by atoms with Gasteiger partial charge in [-0.25, -0.2) is 4.39 Å². The van der Waals surface area contributed by atoms with Gasteiger partial charge in [0.15, 0.2) is 6.10 Å². The van der Waals surface area contributed by atoms with Gasteiger partial charge >= 0.3 is 6.18 Å². The molecule has 0 aromatic heterocycles. The van der Waals surface area contributed by atoms with Gasteiger partial charge in [0, 0.05) is 0 Å². The lowest BCUT2D eigenvalue weighted by Gasteiger charge is -2.22. The molecule has 0 aliphatic rings. The number of terminal acetylenes is 1. The average molecular weight is 338 g/mol. The normalized spacial score (nSPS) is 12.5. The Morgan fingerprint density at radius 3 is 2.33 bits per heavy atom. The monoisotopic (exact) mass is 338 g/mol. The topological polar surface area (TPSA) is 18.5 Å². The summed E-state index contributed by atoms with van der Waals surface area (Å²) in [6.07, 6.45) is -1.76. The van der Waals surface area contributed by atoms with Crippen molar-refractivity contribution in [2.75, 3.05) is 6.61 Å². The van der Waals surface area contributed by atoms with E-state index in [0.717, 1.165) is 0 Å². The molecule has 0 aliphatic heterocycles. The molecule has 2 nitrogen and oxygen atoms in total. The van der Waals surface area contributed by atoms with E-state index >= 15 is 0 Å². The highest BCUT2D eigenvalue weighted by atomic mass is 19.4. The first-order chi connectivity index (χ1) is 11.4. The second-order valence-corrected chi connectivity index (χ2v) is 4.88. The lowest BCUT2D eigenvalue weighted by Crippen LogP contribution is -2.25. The molecule has 0 saturated carbocycles. The van der Waals surface area contributed by atoms with E-state index in [1.165, 1.54) is 42.5 Å². The molecule has 2 rings (SSSR count). The van der Waals surface area contributed by atoms with Crippen LogP contribution in [-0.4, -0.2) is 12.8 Å². The molecular formula is C18H14F4O2. The van der Waals surface area contributed by atoms with Crippen molar-refractivity contribution in [2.45, 2.75) is 18.9 Å². The van der Waals surface area contributed by atoms with E-state index in [1.807, 2.05) is 5.92 Å². The Kier molecular flexibility index (Phi) is 5.83. The molecule has 6 heteroatoms. The Bertz CT molecular complexity index is 702. The molecule has 0 radical (unpaired) electrons. The molecule has 0 fully saturated rings. The van der Waals surface area contributed by atoms with Gasteiger partial charge in [0.25, 0.3) is 0 Å². The van der Waals surface area contributed by atoms with Crippen LogP contribution >= 0.6 is 0 Å². The van der Waals surface area contributed by atoms with E-state index in [1.54, 1.807) is 6.07 Å². The van der Waals surface area contributed by atoms with Crippen molar-refractivity contribution < 1.29 is 27.0 Å². The smallest absolute Gasteiger partial charge is 0.418 e. The maximum absolute atomic E-state index is 13.2. The third kappa shape index (κ3) is 4.74. The fraction of sp³-hybridized carbons (Fsp3) is 0.222. The minimum absolute atomic E-state index is 0.0673. The minimum atomic E-state index is -4.61. The van der Waals surface area contributed by atoms with Crippen molar-refractivity contribution in [2.24, 2.45) is 0 Å². The molecule has 24 heavy (non-hydrogen) atoms. The molecule has 0 amide bonds. The van der Waals surface area contributed by atoms with E-state index in [2.05, 4.69) is 0 Å². The summed E-state index contributed by atoms with van der Waals surface area (Å²) >= 11 is 0. The Hall–Kier alpha value is -2.52. The summed E-state index contributed by atoms with van der Waals surface area (Å²) in [5.74, 6) is 1.95. The number of benzene rings is 2. The van der Waals surface area contributed by atoms with Crippen LogP contribution in [0.2, 0.25) is 0 Å². The fourth-order valence-electron chi connectivity index (χ4n) is 2.11. The van der Waals surface area contributed by atoms with Crippen LogP contribution < -0.4 is 4.74 Å². The Morgan fingerprint density at radius 2 is 1.71 bits per heavy atom. The minimum Gasteiger partial charge on any atom is -0.489 e. The zero-order valence-corrected chi connectivity index (χ0v) is 12.5. The summed E-state index contributed by atoms with van der Waals surface area (Å²) in [5.41, 5.74) is 0.239. The zero-order valence-electron chi connectivity index (χ0n) is 12.5. The van der Waals surface area contributed by atoms with Gasteiger partial charge in [0.05, 0.1) is 0 Å². The summed E-state index contributed by atoms with van der Waals surface area (Å²) < 4.78 is 62.8. The maximum atomic E-state index is 13.2. The molecule has 2 aromatic carbocycles. The van der Waals surface area contributed by atoms with Crippen LogP contribution in [0.5, 0.6) is 5.75 Å². The first-order valence-corrected chi connectivity index (χ1v) is 6.99. The van der Waals surface area contributed by atoms with E-state index in [4.69, 9.17) is 15.9 Å². The second kappa shape index (κ2) is 7.84. The summed E-state index contributed by atoms with van der Waals surface area (Å²) in [4.78, 5) is 0. The highest BCUT2D eigenvalue weighted by molar-refractivity contribution is 5.31. The number of alkyl halides is 3. The van der Waals surface area contributed by atoms with Gasteiger partial charge < -0.3 is 9.47 Å². The van der Waals surface area contributed by atoms with Crippen LogP contribution in [0.15, 0.2) is 48.5 Å². The van der Waals surface area contributed by atoms with E-state index in [9.17, 15) is 17.6 Å². The summed E-state index contributed by atoms with van der Waals surface area (Å²) in [6.45, 7) is -0.578. The highest BCUT2D eigenvalue weighted by Gasteiger charge is 2.42. The fourth-order valence-corrected chi connectivity index (χ4v) is 2.11. The van der Waals surface area contributed by atoms with Crippen LogP contribution in [0.4, 0.5) is 17.6 Å². The number of hydrogen-bond acceptors (Lipinski definition) is 2. The second-order valence-electron chi connectivity index (χ2n) is 4.88. The van der Waals surface area contributed by atoms with Crippen molar-refractivity contribution in [3.63, 3.8) is 0 Å². The molecule has 1 unspecified atom stereocenters. The van der Waals surface area contributed by atoms with Crippen molar-refractivity contribution in [1.29, 1.82) is 0 Å². The van der Waals surface area contributed by atoms with E-state index in [0.29, 0.717) is 11.3 Å². The van der Waals surface area contributed by atoms with Crippen LogP contribution in [-0.2, 0) is 11.3 Å². The lowest BCUT2D eigenvalue weighted by atomic mass is 10.0. The van der Waals surface area contributed by atoms with Gasteiger partial charge in [0.2, 0.25) is 0 Å². The van der Waals surface area contributed by atoms with Gasteiger partial charge in [-0.05, 0) is 35.4 Å². The number of hydrogen-bond donors (Lipinski definition) is 0. The predicted octanol–water partition coefficient (Wildman–Crippen LogP) is 4.66. The number of halogens is 4. The molecular weight excluding hydrogens is 324 g/mol. The lowest BCUT2D eigenvalue weighted by molar-refractivity contribution is -0.220. The number of ether oxygens (including phenoxy) is 2. The molecule has 0 N–H and O–H groups in total. The Balaban J connectivity index is 2.21. The van der Waals surface area contributed by atoms with Crippen LogP contribution in [0.3, 0.4) is 0 Å². The molecule has 0 saturated heterocycles. The first-order valence-electron chi connectivity index (χ1n) is 6.99. The standard InChI is InChI=1S/C18H14F4O2/c1-2-11-23-17(18(20,21)22)16-6-4-3-5-13(16)12-24-15-9-7-14(19)8-10-15/h1,3-10,17H,11-12H2. The van der Waals surface area contributed by atoms with Crippen LogP contribution in [0, 0.1) is 18.2 Å². The third-order valence-electron chi connectivity index (χ3n) is 3.18. The van der Waals surface area contributed by atoms with Gasteiger partial charge in [-0.2, -0.15) is 13.2 Å². The van der Waals surface area contributed by atoms with Gasteiger partial charge in [-0.15, -0.1) is 6.42 Å². The molecule has 126 valence electrons. The summed E-state index contributed by atoms with van der Waals surface area (Å²) in [5, 5.41) is 0. The molecule has 0 heterocycles. The van der Waals surface area contributed by atoms with Crippen molar-refractivity contribution in [3.05, 3.63) is 65.5 Å². The zero-order chi connectivity index (χ0) is 17.6. The predicted molar refractivity (Wildman–Crippen MR) is 80.8 cm³/mol. The molecule has 0 aliphatic carbocycles. The van der Waals surface area contributed by atoms with Gasteiger partial charge in [-0.1, -0.05) is 30.2 Å². The van der Waals surface area contributed by atoms with Gasteiger partial charge in [0.1, 0.15) is 24.8 Å². The molecule has 0 bridgehead atoms. The number of rotatable bonds is 6. The Morgan fingerprint density at radius 1 is 1.04 bits per heavy atom. The van der Waals surface area contributed by atoms with Crippen molar-refractivity contribution in [3.8, 4) is 18.1 Å². The van der Waals surface area contributed by atoms with E-state index < -0.39 is 24.7 Å². The SMILES string of the molecule is C#CCOC(c1ccccc1COc1ccc(F)cc1)C(F)(F)F. The molecule has 1 atom stereocenters. The van der Waals surface area contributed by atoms with Crippen LogP contribution in [0.1, 0.15) is 17.2 Å². The maximum Gasteiger partial charge on any atom is 0.418 e. The third-order valence-corrected chi connectivity index (χ3v) is 3.18. The molecule has 2 aromatic rings.